The van der Waals surface area contributed by atoms with Crippen molar-refractivity contribution in [3.63, 3.8) is 0 Å². The molecule has 0 aliphatic carbocycles. The number of aryl methyl sites for hydroxylation is 1. The van der Waals surface area contributed by atoms with Gasteiger partial charge < -0.3 is 5.32 Å². The van der Waals surface area contributed by atoms with Crippen molar-refractivity contribution in [2.75, 3.05) is 11.6 Å². The Bertz CT molecular complexity index is 616. The largest absolute Gasteiger partial charge is 0.322 e. The van der Waals surface area contributed by atoms with Crippen LogP contribution in [0.2, 0.25) is 0 Å². The monoisotopic (exact) mass is 276 g/mol. The second-order valence-electron chi connectivity index (χ2n) is 3.98. The molecular formula is C14H13FN2OS. The summed E-state index contributed by atoms with van der Waals surface area (Å²) in [6.45, 7) is 1.67. The maximum absolute atomic E-state index is 13.4. The molecule has 0 radical (unpaired) electrons. The summed E-state index contributed by atoms with van der Waals surface area (Å²) in [7, 11) is 0. The molecule has 0 aliphatic rings. The van der Waals surface area contributed by atoms with Crippen molar-refractivity contribution in [2.45, 2.75) is 11.9 Å². The highest BCUT2D eigenvalue weighted by Crippen LogP contribution is 2.19. The Morgan fingerprint density at radius 2 is 2.16 bits per heavy atom. The predicted molar refractivity (Wildman–Crippen MR) is 75.1 cm³/mol. The molecule has 0 aliphatic heterocycles. The smallest absolute Gasteiger partial charge is 0.258 e. The minimum atomic E-state index is -0.339. The Morgan fingerprint density at radius 1 is 1.37 bits per heavy atom. The summed E-state index contributed by atoms with van der Waals surface area (Å²) in [6, 6.07) is 8.00. The molecule has 1 aromatic heterocycles. The van der Waals surface area contributed by atoms with E-state index in [0.29, 0.717) is 21.8 Å². The molecular weight excluding hydrogens is 263 g/mol. The van der Waals surface area contributed by atoms with Crippen molar-refractivity contribution in [2.24, 2.45) is 0 Å². The normalized spacial score (nSPS) is 10.3. The highest BCUT2D eigenvalue weighted by molar-refractivity contribution is 7.98. The summed E-state index contributed by atoms with van der Waals surface area (Å²) >= 11 is 1.39. The number of rotatable bonds is 3. The van der Waals surface area contributed by atoms with Crippen LogP contribution in [0, 0.1) is 12.7 Å². The fourth-order valence-corrected chi connectivity index (χ4v) is 2.14. The molecule has 1 amide bonds. The number of hydrogen-bond acceptors (Lipinski definition) is 3. The Morgan fingerprint density at radius 3 is 2.84 bits per heavy atom. The third-order valence-corrected chi connectivity index (χ3v) is 3.35. The van der Waals surface area contributed by atoms with Gasteiger partial charge in [0.2, 0.25) is 0 Å². The molecule has 1 N–H and O–H groups in total. The second-order valence-corrected chi connectivity index (χ2v) is 4.77. The summed E-state index contributed by atoms with van der Waals surface area (Å²) in [5.74, 6) is -0.630. The fraction of sp³-hybridized carbons (Fsp3) is 0.143. The number of pyridine rings is 1. The van der Waals surface area contributed by atoms with Gasteiger partial charge in [-0.25, -0.2) is 9.37 Å². The summed E-state index contributed by atoms with van der Waals surface area (Å²) < 4.78 is 13.4. The van der Waals surface area contributed by atoms with Crippen molar-refractivity contribution >= 4 is 23.4 Å². The van der Waals surface area contributed by atoms with Gasteiger partial charge >= 0.3 is 0 Å². The molecule has 0 saturated carbocycles. The van der Waals surface area contributed by atoms with E-state index in [9.17, 15) is 9.18 Å². The Balaban J connectivity index is 2.23. The Labute approximate surface area is 115 Å². The van der Waals surface area contributed by atoms with E-state index < -0.39 is 0 Å². The zero-order chi connectivity index (χ0) is 13.8. The van der Waals surface area contributed by atoms with Crippen LogP contribution in [0.1, 0.15) is 15.9 Å². The van der Waals surface area contributed by atoms with Gasteiger partial charge in [0.05, 0.1) is 5.56 Å². The van der Waals surface area contributed by atoms with Gasteiger partial charge in [-0.2, -0.15) is 0 Å². The van der Waals surface area contributed by atoms with E-state index in [-0.39, 0.29) is 11.7 Å². The minimum Gasteiger partial charge on any atom is -0.322 e. The average molecular weight is 276 g/mol. The molecule has 0 spiro atoms. The SMILES string of the molecule is CSc1ncccc1C(=O)Nc1ccc(C)c(F)c1. The maximum Gasteiger partial charge on any atom is 0.258 e. The number of halogens is 1. The van der Waals surface area contributed by atoms with Crippen LogP contribution in [-0.2, 0) is 0 Å². The van der Waals surface area contributed by atoms with Crippen LogP contribution in [0.4, 0.5) is 10.1 Å². The van der Waals surface area contributed by atoms with E-state index in [4.69, 9.17) is 0 Å². The molecule has 1 aromatic carbocycles. The average Bonchev–Trinajstić information content (AvgIpc) is 2.43. The van der Waals surface area contributed by atoms with E-state index in [1.165, 1.54) is 17.8 Å². The first-order valence-electron chi connectivity index (χ1n) is 5.68. The number of benzene rings is 1. The fourth-order valence-electron chi connectivity index (χ4n) is 1.60. The summed E-state index contributed by atoms with van der Waals surface area (Å²) in [4.78, 5) is 16.2. The lowest BCUT2D eigenvalue weighted by Crippen LogP contribution is -2.13. The Hall–Kier alpha value is -1.88. The van der Waals surface area contributed by atoms with Crippen molar-refractivity contribution < 1.29 is 9.18 Å². The molecule has 2 rings (SSSR count). The topological polar surface area (TPSA) is 42.0 Å². The highest BCUT2D eigenvalue weighted by Gasteiger charge is 2.12. The Kier molecular flexibility index (Phi) is 4.16. The van der Waals surface area contributed by atoms with Gasteiger partial charge in [-0.05, 0) is 43.0 Å². The number of hydrogen-bond donors (Lipinski definition) is 1. The molecule has 5 heteroatoms. The van der Waals surface area contributed by atoms with E-state index in [1.54, 1.807) is 37.4 Å². The van der Waals surface area contributed by atoms with Crippen LogP contribution >= 0.6 is 11.8 Å². The van der Waals surface area contributed by atoms with Crippen molar-refractivity contribution in [3.05, 3.63) is 53.5 Å². The molecule has 98 valence electrons. The minimum absolute atomic E-state index is 0.291. The zero-order valence-electron chi connectivity index (χ0n) is 10.6. The van der Waals surface area contributed by atoms with Crippen LogP contribution in [0.3, 0.4) is 0 Å². The molecule has 0 saturated heterocycles. The zero-order valence-corrected chi connectivity index (χ0v) is 11.4. The van der Waals surface area contributed by atoms with Crippen LogP contribution in [-0.4, -0.2) is 17.1 Å². The standard InChI is InChI=1S/C14H13FN2OS/c1-9-5-6-10(8-12(9)15)17-13(18)11-4-3-7-16-14(11)19-2/h3-8H,1-2H3,(H,17,18). The van der Waals surface area contributed by atoms with Crippen LogP contribution in [0.25, 0.3) is 0 Å². The number of carbonyl (C=O) groups excluding carboxylic acids is 1. The van der Waals surface area contributed by atoms with Gasteiger partial charge in [0, 0.05) is 11.9 Å². The summed E-state index contributed by atoms with van der Waals surface area (Å²) in [5, 5.41) is 3.31. The van der Waals surface area contributed by atoms with E-state index >= 15 is 0 Å². The van der Waals surface area contributed by atoms with Crippen molar-refractivity contribution in [1.82, 2.24) is 4.98 Å². The number of nitrogens with one attached hydrogen (secondary N) is 1. The molecule has 3 nitrogen and oxygen atoms in total. The van der Waals surface area contributed by atoms with Crippen LogP contribution in [0.5, 0.6) is 0 Å². The predicted octanol–water partition coefficient (Wildman–Crippen LogP) is 3.50. The lowest BCUT2D eigenvalue weighted by atomic mass is 10.2. The lowest BCUT2D eigenvalue weighted by Gasteiger charge is -2.08. The van der Waals surface area contributed by atoms with Crippen LogP contribution < -0.4 is 5.32 Å². The molecule has 0 unspecified atom stereocenters. The highest BCUT2D eigenvalue weighted by atomic mass is 32.2. The summed E-state index contributed by atoms with van der Waals surface area (Å²) in [6.07, 6.45) is 3.48. The third kappa shape index (κ3) is 3.12. The van der Waals surface area contributed by atoms with Gasteiger partial charge in [-0.3, -0.25) is 4.79 Å². The number of aromatic nitrogens is 1. The van der Waals surface area contributed by atoms with Gasteiger partial charge in [0.1, 0.15) is 10.8 Å². The van der Waals surface area contributed by atoms with Gasteiger partial charge in [0.25, 0.3) is 5.91 Å². The van der Waals surface area contributed by atoms with Crippen LogP contribution in [0.15, 0.2) is 41.6 Å². The number of nitrogens with zero attached hydrogens (tertiary/aromatic N) is 1. The van der Waals surface area contributed by atoms with Gasteiger partial charge in [-0.1, -0.05) is 6.07 Å². The van der Waals surface area contributed by atoms with E-state index in [0.717, 1.165) is 0 Å². The number of thioether (sulfide) groups is 1. The molecule has 0 bridgehead atoms. The number of amides is 1. The first-order chi connectivity index (χ1) is 9.11. The number of anilines is 1. The van der Waals surface area contributed by atoms with Crippen molar-refractivity contribution in [3.8, 4) is 0 Å². The van der Waals surface area contributed by atoms with Gasteiger partial charge in [0.15, 0.2) is 0 Å². The first kappa shape index (κ1) is 13.5. The maximum atomic E-state index is 13.4. The molecule has 0 atom stereocenters. The molecule has 1 heterocycles. The van der Waals surface area contributed by atoms with E-state index in [1.807, 2.05) is 6.26 Å². The lowest BCUT2D eigenvalue weighted by molar-refractivity contribution is 0.102. The first-order valence-corrected chi connectivity index (χ1v) is 6.91. The third-order valence-electron chi connectivity index (χ3n) is 2.64. The summed E-state index contributed by atoms with van der Waals surface area (Å²) in [5.41, 5.74) is 1.46. The van der Waals surface area contributed by atoms with Gasteiger partial charge in [-0.15, -0.1) is 11.8 Å². The number of carbonyl (C=O) groups is 1. The second kappa shape index (κ2) is 5.84. The quantitative estimate of drug-likeness (QED) is 0.872. The van der Waals surface area contributed by atoms with Crippen molar-refractivity contribution in [1.29, 1.82) is 0 Å². The van der Waals surface area contributed by atoms with E-state index in [2.05, 4.69) is 10.3 Å². The molecule has 2 aromatic rings. The molecule has 19 heavy (non-hydrogen) atoms. The molecule has 0 fully saturated rings.